The zero-order chi connectivity index (χ0) is 17.9. The van der Waals surface area contributed by atoms with Gasteiger partial charge in [0.25, 0.3) is 5.91 Å². The van der Waals surface area contributed by atoms with Crippen LogP contribution >= 0.6 is 0 Å². The van der Waals surface area contributed by atoms with Gasteiger partial charge < -0.3 is 15.2 Å². The molecule has 1 amide bonds. The van der Waals surface area contributed by atoms with E-state index in [1.165, 1.54) is 5.56 Å². The maximum Gasteiger partial charge on any atom is 0.251 e. The fourth-order valence-electron chi connectivity index (χ4n) is 4.38. The largest absolute Gasteiger partial charge is 0.497 e. The van der Waals surface area contributed by atoms with Gasteiger partial charge in [-0.3, -0.25) is 9.69 Å². The zero-order valence-corrected chi connectivity index (χ0v) is 15.3. The Morgan fingerprint density at radius 2 is 1.96 bits per heavy atom. The van der Waals surface area contributed by atoms with Gasteiger partial charge in [-0.1, -0.05) is 12.1 Å². The van der Waals surface area contributed by atoms with Gasteiger partial charge in [-0.15, -0.1) is 0 Å². The Morgan fingerprint density at radius 1 is 1.28 bits per heavy atom. The summed E-state index contributed by atoms with van der Waals surface area (Å²) in [7, 11) is 3.82. The van der Waals surface area contributed by atoms with Crippen LogP contribution in [0.2, 0.25) is 0 Å². The molecule has 0 bridgehead atoms. The Bertz CT molecular complexity index is 581. The van der Waals surface area contributed by atoms with Gasteiger partial charge in [0.15, 0.2) is 0 Å². The average Bonchev–Trinajstić information content (AvgIpc) is 3.08. The number of hydrogen-bond donors (Lipinski definition) is 2. The summed E-state index contributed by atoms with van der Waals surface area (Å²) in [6.07, 6.45) is 5.26. The molecule has 2 unspecified atom stereocenters. The Kier molecular flexibility index (Phi) is 5.64. The number of methoxy groups -OCH3 is 1. The van der Waals surface area contributed by atoms with Crippen LogP contribution in [0.3, 0.4) is 0 Å². The molecule has 2 atom stereocenters. The van der Waals surface area contributed by atoms with E-state index in [1.54, 1.807) is 7.11 Å². The summed E-state index contributed by atoms with van der Waals surface area (Å²) in [5.41, 5.74) is 0.109. The van der Waals surface area contributed by atoms with Crippen molar-refractivity contribution in [2.24, 2.45) is 5.92 Å². The normalized spacial score (nSPS) is 26.4. The molecule has 5 heteroatoms. The van der Waals surface area contributed by atoms with Gasteiger partial charge in [0.2, 0.25) is 0 Å². The second kappa shape index (κ2) is 7.75. The number of carbonyl (C=O) groups is 1. The minimum Gasteiger partial charge on any atom is -0.497 e. The van der Waals surface area contributed by atoms with Gasteiger partial charge in [0.1, 0.15) is 11.4 Å². The molecule has 1 aromatic rings. The van der Waals surface area contributed by atoms with Crippen LogP contribution in [-0.4, -0.2) is 48.8 Å². The monoisotopic (exact) mass is 346 g/mol. The first-order valence-electron chi connectivity index (χ1n) is 9.38. The highest BCUT2D eigenvalue weighted by molar-refractivity contribution is 5.85. The highest BCUT2D eigenvalue weighted by Gasteiger charge is 2.39. The van der Waals surface area contributed by atoms with E-state index in [9.17, 15) is 9.90 Å². The first kappa shape index (κ1) is 18.2. The van der Waals surface area contributed by atoms with E-state index in [1.807, 2.05) is 12.1 Å². The topological polar surface area (TPSA) is 61.8 Å². The van der Waals surface area contributed by atoms with Crippen molar-refractivity contribution in [3.63, 3.8) is 0 Å². The second-order valence-electron chi connectivity index (χ2n) is 7.55. The van der Waals surface area contributed by atoms with Gasteiger partial charge in [-0.05, 0) is 75.7 Å². The van der Waals surface area contributed by atoms with E-state index in [0.717, 1.165) is 38.0 Å². The van der Waals surface area contributed by atoms with Gasteiger partial charge in [-0.25, -0.2) is 0 Å². The molecular weight excluding hydrogens is 316 g/mol. The van der Waals surface area contributed by atoms with E-state index in [2.05, 4.69) is 29.4 Å². The maximum absolute atomic E-state index is 12.4. The Labute approximate surface area is 150 Å². The van der Waals surface area contributed by atoms with Crippen molar-refractivity contribution < 1.29 is 14.6 Å². The number of ether oxygens (including phenoxy) is 1. The Balaban J connectivity index is 1.68. The molecule has 1 aromatic carbocycles. The molecule has 138 valence electrons. The summed E-state index contributed by atoms with van der Waals surface area (Å²) in [5, 5.41) is 13.5. The van der Waals surface area contributed by atoms with Crippen LogP contribution in [-0.2, 0) is 4.79 Å². The third kappa shape index (κ3) is 3.98. The number of benzene rings is 1. The van der Waals surface area contributed by atoms with Crippen molar-refractivity contribution in [1.29, 1.82) is 0 Å². The predicted molar refractivity (Wildman–Crippen MR) is 97.5 cm³/mol. The molecule has 1 heterocycles. The van der Waals surface area contributed by atoms with E-state index < -0.39 is 5.60 Å². The number of carbonyl (C=O) groups excluding carboxylic acids is 1. The van der Waals surface area contributed by atoms with Crippen molar-refractivity contribution in [3.8, 4) is 5.75 Å². The fourth-order valence-corrected chi connectivity index (χ4v) is 4.38. The number of nitrogens with zero attached hydrogens (tertiary/aromatic N) is 1. The lowest BCUT2D eigenvalue weighted by Gasteiger charge is -2.40. The van der Waals surface area contributed by atoms with Crippen LogP contribution in [0.1, 0.15) is 50.1 Å². The molecule has 2 N–H and O–H groups in total. The van der Waals surface area contributed by atoms with Crippen molar-refractivity contribution in [2.45, 2.75) is 50.2 Å². The van der Waals surface area contributed by atoms with Gasteiger partial charge in [0.05, 0.1) is 7.11 Å². The number of amides is 1. The van der Waals surface area contributed by atoms with Crippen LogP contribution in [0.25, 0.3) is 0 Å². The summed E-state index contributed by atoms with van der Waals surface area (Å²) in [6.45, 7) is 1.67. The van der Waals surface area contributed by atoms with E-state index in [-0.39, 0.29) is 11.9 Å². The number of piperidine rings is 1. The molecule has 25 heavy (non-hydrogen) atoms. The van der Waals surface area contributed by atoms with Gasteiger partial charge >= 0.3 is 0 Å². The van der Waals surface area contributed by atoms with E-state index in [4.69, 9.17) is 4.74 Å². The standard InChI is InChI=1S/C20H30N2O3/c1-22-13-5-6-16(14-21-19(23)20(24)11-3-4-12-20)18(22)15-7-9-17(25-2)10-8-15/h7-10,16,18,24H,3-6,11-14H2,1-2H3,(H,21,23). The molecule has 5 nitrogen and oxygen atoms in total. The summed E-state index contributed by atoms with van der Waals surface area (Å²) < 4.78 is 5.26. The number of hydrogen-bond acceptors (Lipinski definition) is 4. The number of aliphatic hydroxyl groups is 1. The van der Waals surface area contributed by atoms with Crippen molar-refractivity contribution in [3.05, 3.63) is 29.8 Å². The van der Waals surface area contributed by atoms with E-state index >= 15 is 0 Å². The summed E-state index contributed by atoms with van der Waals surface area (Å²) in [6, 6.07) is 8.50. The third-order valence-corrected chi connectivity index (χ3v) is 5.84. The molecular formula is C20H30N2O3. The molecule has 3 rings (SSSR count). The molecule has 1 aliphatic heterocycles. The third-order valence-electron chi connectivity index (χ3n) is 5.84. The average molecular weight is 346 g/mol. The highest BCUT2D eigenvalue weighted by atomic mass is 16.5. The number of rotatable bonds is 5. The molecule has 1 saturated carbocycles. The lowest BCUT2D eigenvalue weighted by Crippen LogP contribution is -2.48. The SMILES string of the molecule is COc1ccc(C2C(CNC(=O)C3(O)CCCC3)CCCN2C)cc1. The van der Waals surface area contributed by atoms with Gasteiger partial charge in [0, 0.05) is 12.6 Å². The molecule has 2 aliphatic rings. The van der Waals surface area contributed by atoms with Crippen LogP contribution < -0.4 is 10.1 Å². The summed E-state index contributed by atoms with van der Waals surface area (Å²) >= 11 is 0. The molecule has 0 spiro atoms. The fraction of sp³-hybridized carbons (Fsp3) is 0.650. The van der Waals surface area contributed by atoms with Crippen LogP contribution in [0, 0.1) is 5.92 Å². The van der Waals surface area contributed by atoms with Crippen molar-refractivity contribution in [1.82, 2.24) is 10.2 Å². The van der Waals surface area contributed by atoms with Crippen LogP contribution in [0.15, 0.2) is 24.3 Å². The quantitative estimate of drug-likeness (QED) is 0.860. The highest BCUT2D eigenvalue weighted by Crippen LogP contribution is 2.36. The molecule has 1 aliphatic carbocycles. The minimum absolute atomic E-state index is 0.188. The van der Waals surface area contributed by atoms with E-state index in [0.29, 0.717) is 25.3 Å². The first-order chi connectivity index (χ1) is 12.0. The predicted octanol–water partition coefficient (Wildman–Crippen LogP) is 2.50. The summed E-state index contributed by atoms with van der Waals surface area (Å²) in [5.74, 6) is 1.02. The first-order valence-corrected chi connectivity index (χ1v) is 9.38. The minimum atomic E-state index is -1.14. The molecule has 2 fully saturated rings. The van der Waals surface area contributed by atoms with Crippen LogP contribution in [0.5, 0.6) is 5.75 Å². The van der Waals surface area contributed by atoms with Crippen molar-refractivity contribution >= 4 is 5.91 Å². The lowest BCUT2D eigenvalue weighted by molar-refractivity contribution is -0.139. The molecule has 0 aromatic heterocycles. The van der Waals surface area contributed by atoms with Crippen molar-refractivity contribution in [2.75, 3.05) is 27.2 Å². The Hall–Kier alpha value is -1.59. The zero-order valence-electron chi connectivity index (χ0n) is 15.3. The number of nitrogens with one attached hydrogen (secondary N) is 1. The smallest absolute Gasteiger partial charge is 0.251 e. The van der Waals surface area contributed by atoms with Gasteiger partial charge in [-0.2, -0.15) is 0 Å². The summed E-state index contributed by atoms with van der Waals surface area (Å²) in [4.78, 5) is 14.8. The molecule has 0 radical (unpaired) electrons. The Morgan fingerprint density at radius 3 is 2.60 bits per heavy atom. The molecule has 1 saturated heterocycles. The van der Waals surface area contributed by atoms with Crippen LogP contribution in [0.4, 0.5) is 0 Å². The lowest BCUT2D eigenvalue weighted by atomic mass is 9.84. The maximum atomic E-state index is 12.4. The number of likely N-dealkylation sites (tertiary alicyclic amines) is 1. The second-order valence-corrected chi connectivity index (χ2v) is 7.55.